The molecule has 0 radical (unpaired) electrons. The Kier molecular flexibility index (Phi) is 5.78. The molecule has 8 heteroatoms. The summed E-state index contributed by atoms with van der Waals surface area (Å²) in [5.41, 5.74) is 0.732. The molecule has 0 saturated carbocycles. The quantitative estimate of drug-likeness (QED) is 0.594. The van der Waals surface area contributed by atoms with Gasteiger partial charge in [-0.25, -0.2) is 13.1 Å². The number of aliphatic imine (C=N–C) groups is 1. The first-order valence-electron chi connectivity index (χ1n) is 7.56. The van der Waals surface area contributed by atoms with Crippen molar-refractivity contribution in [2.45, 2.75) is 11.4 Å². The van der Waals surface area contributed by atoms with E-state index in [4.69, 9.17) is 27.6 Å². The average molecular weight is 409 g/mol. The van der Waals surface area contributed by atoms with Crippen LogP contribution in [0.2, 0.25) is 10.0 Å². The lowest BCUT2D eigenvalue weighted by Crippen LogP contribution is -2.22. The molecule has 5 nitrogen and oxygen atoms in total. The molecule has 1 N–H and O–H groups in total. The highest BCUT2D eigenvalue weighted by atomic mass is 35.5. The molecule has 0 unspecified atom stereocenters. The minimum Gasteiger partial charge on any atom is -0.459 e. The Labute approximate surface area is 161 Å². The summed E-state index contributed by atoms with van der Waals surface area (Å²) in [7, 11) is -3.64. The Morgan fingerprint density at radius 1 is 0.923 bits per heavy atom. The molecule has 0 spiro atoms. The summed E-state index contributed by atoms with van der Waals surface area (Å²) in [6.45, 7) is 0.0275. The Morgan fingerprint density at radius 2 is 1.54 bits per heavy atom. The van der Waals surface area contributed by atoms with Crippen molar-refractivity contribution < 1.29 is 12.8 Å². The van der Waals surface area contributed by atoms with Crippen LogP contribution in [0.1, 0.15) is 11.5 Å². The van der Waals surface area contributed by atoms with Crippen LogP contribution < -0.4 is 4.72 Å². The van der Waals surface area contributed by atoms with Gasteiger partial charge in [0.15, 0.2) is 0 Å². The van der Waals surface area contributed by atoms with E-state index in [1.54, 1.807) is 42.6 Å². The lowest BCUT2D eigenvalue weighted by Gasteiger charge is -2.05. The van der Waals surface area contributed by atoms with Crippen molar-refractivity contribution in [2.24, 2.45) is 4.99 Å². The average Bonchev–Trinajstić information content (AvgIpc) is 3.08. The topological polar surface area (TPSA) is 71.7 Å². The Bertz CT molecular complexity index is 1010. The highest BCUT2D eigenvalue weighted by Gasteiger charge is 2.14. The van der Waals surface area contributed by atoms with Crippen molar-refractivity contribution in [1.82, 2.24) is 4.72 Å². The Hall–Kier alpha value is -2.12. The molecule has 3 rings (SSSR count). The van der Waals surface area contributed by atoms with Gasteiger partial charge >= 0.3 is 0 Å². The second kappa shape index (κ2) is 8.05. The second-order valence-electron chi connectivity index (χ2n) is 5.32. The minimum atomic E-state index is -3.64. The van der Waals surface area contributed by atoms with Gasteiger partial charge in [-0.1, -0.05) is 23.2 Å². The van der Waals surface area contributed by atoms with E-state index in [0.717, 1.165) is 5.69 Å². The van der Waals surface area contributed by atoms with Crippen LogP contribution in [0.4, 0.5) is 5.69 Å². The first-order valence-corrected chi connectivity index (χ1v) is 9.80. The third kappa shape index (κ3) is 4.95. The zero-order chi connectivity index (χ0) is 18.6. The van der Waals surface area contributed by atoms with E-state index < -0.39 is 10.0 Å². The molecule has 0 amide bonds. The molecule has 134 valence electrons. The van der Waals surface area contributed by atoms with E-state index in [-0.39, 0.29) is 11.4 Å². The molecule has 26 heavy (non-hydrogen) atoms. The van der Waals surface area contributed by atoms with Crippen LogP contribution in [0.25, 0.3) is 0 Å². The molecule has 0 aliphatic carbocycles. The normalized spacial score (nSPS) is 11.9. The summed E-state index contributed by atoms with van der Waals surface area (Å²) < 4.78 is 32.5. The summed E-state index contributed by atoms with van der Waals surface area (Å²) in [5.74, 6) is 0.987. The number of sulfonamides is 1. The monoisotopic (exact) mass is 408 g/mol. The van der Waals surface area contributed by atoms with Gasteiger partial charge in [-0.3, -0.25) is 4.99 Å². The minimum absolute atomic E-state index is 0.0275. The van der Waals surface area contributed by atoms with Gasteiger partial charge < -0.3 is 4.42 Å². The molecular weight excluding hydrogens is 395 g/mol. The second-order valence-corrected chi connectivity index (χ2v) is 7.96. The summed E-state index contributed by atoms with van der Waals surface area (Å²) in [5, 5.41) is 1.11. The first-order chi connectivity index (χ1) is 12.4. The fourth-order valence-corrected chi connectivity index (χ4v) is 3.33. The number of benzene rings is 2. The first kappa shape index (κ1) is 18.7. The third-order valence-corrected chi connectivity index (χ3v) is 5.33. The molecule has 1 heterocycles. The summed E-state index contributed by atoms with van der Waals surface area (Å²) >= 11 is 11.6. The summed E-state index contributed by atoms with van der Waals surface area (Å²) in [4.78, 5) is 4.40. The van der Waals surface area contributed by atoms with E-state index in [1.165, 1.54) is 24.3 Å². The van der Waals surface area contributed by atoms with Crippen LogP contribution in [0, 0.1) is 0 Å². The number of hydrogen-bond acceptors (Lipinski definition) is 4. The van der Waals surface area contributed by atoms with Gasteiger partial charge in [-0.15, -0.1) is 0 Å². The predicted octanol–water partition coefficient (Wildman–Crippen LogP) is 4.82. The molecule has 0 aliphatic heterocycles. The van der Waals surface area contributed by atoms with Crippen molar-refractivity contribution in [3.63, 3.8) is 0 Å². The maximum atomic E-state index is 12.2. The lowest BCUT2D eigenvalue weighted by atomic mass is 10.3. The van der Waals surface area contributed by atoms with Crippen molar-refractivity contribution in [1.29, 1.82) is 0 Å². The maximum Gasteiger partial charge on any atom is 0.240 e. The van der Waals surface area contributed by atoms with Crippen molar-refractivity contribution in [2.75, 3.05) is 0 Å². The molecule has 0 bridgehead atoms. The number of halogens is 2. The van der Waals surface area contributed by atoms with E-state index in [9.17, 15) is 8.42 Å². The molecule has 1 aromatic heterocycles. The lowest BCUT2D eigenvalue weighted by molar-refractivity contribution is 0.494. The number of furan rings is 1. The van der Waals surface area contributed by atoms with Crippen LogP contribution in [-0.4, -0.2) is 14.6 Å². The van der Waals surface area contributed by atoms with Crippen molar-refractivity contribution in [3.05, 3.63) is 82.2 Å². The van der Waals surface area contributed by atoms with Crippen LogP contribution in [-0.2, 0) is 16.6 Å². The molecular formula is C18H14Cl2N2O3S. The fourth-order valence-electron chi connectivity index (χ4n) is 2.09. The van der Waals surface area contributed by atoms with Gasteiger partial charge in [0.2, 0.25) is 10.0 Å². The largest absolute Gasteiger partial charge is 0.459 e. The molecule has 2 aromatic carbocycles. The molecule has 3 aromatic rings. The molecule has 0 atom stereocenters. The van der Waals surface area contributed by atoms with E-state index >= 15 is 0 Å². The molecule has 0 aliphatic rings. The van der Waals surface area contributed by atoms with Crippen molar-refractivity contribution >= 4 is 45.1 Å². The molecule has 0 saturated heterocycles. The van der Waals surface area contributed by atoms with Crippen LogP contribution in [0.15, 0.2) is 75.0 Å². The van der Waals surface area contributed by atoms with Gasteiger partial charge in [0.05, 0.1) is 23.3 Å². The SMILES string of the molecule is O=S(=O)(NCc1ccc(C=Nc2ccc(Cl)cc2)o1)c1ccc(Cl)cc1. The number of nitrogens with one attached hydrogen (secondary N) is 1. The fraction of sp³-hybridized carbons (Fsp3) is 0.0556. The van der Waals surface area contributed by atoms with Gasteiger partial charge in [-0.05, 0) is 60.7 Å². The maximum absolute atomic E-state index is 12.2. The van der Waals surface area contributed by atoms with Crippen molar-refractivity contribution in [3.8, 4) is 0 Å². The van der Waals surface area contributed by atoms with E-state index in [2.05, 4.69) is 9.71 Å². The van der Waals surface area contributed by atoms with Gasteiger partial charge in [-0.2, -0.15) is 0 Å². The number of rotatable bonds is 6. The smallest absolute Gasteiger partial charge is 0.240 e. The molecule has 0 fully saturated rings. The standard InChI is InChI=1S/C18H14Cl2N2O3S/c19-13-1-5-15(6-2-13)21-11-16-7-8-17(25-16)12-22-26(23,24)18-9-3-14(20)4-10-18/h1-11,22H,12H2. The summed E-state index contributed by atoms with van der Waals surface area (Å²) in [6.07, 6.45) is 1.56. The highest BCUT2D eigenvalue weighted by Crippen LogP contribution is 2.17. The highest BCUT2D eigenvalue weighted by molar-refractivity contribution is 7.89. The Balaban J connectivity index is 1.63. The summed E-state index contributed by atoms with van der Waals surface area (Å²) in [6, 6.07) is 16.4. The Morgan fingerprint density at radius 3 is 2.19 bits per heavy atom. The van der Waals surface area contributed by atoms with Crippen LogP contribution >= 0.6 is 23.2 Å². The van der Waals surface area contributed by atoms with Gasteiger partial charge in [0, 0.05) is 10.0 Å². The zero-order valence-electron chi connectivity index (χ0n) is 13.4. The van der Waals surface area contributed by atoms with Crippen LogP contribution in [0.3, 0.4) is 0 Å². The number of nitrogens with zero attached hydrogens (tertiary/aromatic N) is 1. The zero-order valence-corrected chi connectivity index (χ0v) is 15.7. The third-order valence-electron chi connectivity index (χ3n) is 3.41. The van der Waals surface area contributed by atoms with Crippen LogP contribution in [0.5, 0.6) is 0 Å². The predicted molar refractivity (Wildman–Crippen MR) is 103 cm³/mol. The van der Waals surface area contributed by atoms with Gasteiger partial charge in [0.1, 0.15) is 11.5 Å². The van der Waals surface area contributed by atoms with E-state index in [0.29, 0.717) is 21.6 Å². The number of hydrogen-bond donors (Lipinski definition) is 1. The van der Waals surface area contributed by atoms with Gasteiger partial charge in [0.25, 0.3) is 0 Å². The van der Waals surface area contributed by atoms with E-state index in [1.807, 2.05) is 0 Å².